The topological polar surface area (TPSA) is 55.1 Å². The first-order valence-electron chi connectivity index (χ1n) is 17.7. The summed E-state index contributed by atoms with van der Waals surface area (Å²) in [6.07, 6.45) is 8.80. The third-order valence-corrected chi connectivity index (χ3v) is 9.87. The van der Waals surface area contributed by atoms with Gasteiger partial charge >= 0.3 is 0 Å². The summed E-state index contributed by atoms with van der Waals surface area (Å²) in [6, 6.07) is 52.5. The minimum absolute atomic E-state index is 0.577. The Bertz CT molecular complexity index is 2800. The van der Waals surface area contributed by atoms with E-state index in [2.05, 4.69) is 114 Å². The van der Waals surface area contributed by atoms with Crippen molar-refractivity contribution < 1.29 is 4.42 Å². The molecule has 2 aromatic heterocycles. The Morgan fingerprint density at radius 3 is 1.83 bits per heavy atom. The first-order chi connectivity index (χ1) is 25.8. The molecule has 0 N–H and O–H groups in total. The van der Waals surface area contributed by atoms with E-state index in [0.717, 1.165) is 73.9 Å². The van der Waals surface area contributed by atoms with Gasteiger partial charge in [0.15, 0.2) is 17.5 Å². The molecule has 0 aliphatic heterocycles. The molecule has 0 spiro atoms. The number of nitrogens with zero attached hydrogens (tertiary/aromatic N) is 4. The molecule has 10 rings (SSSR count). The van der Waals surface area contributed by atoms with Crippen molar-refractivity contribution in [1.82, 2.24) is 15.0 Å². The molecule has 0 bridgehead atoms. The lowest BCUT2D eigenvalue weighted by Crippen LogP contribution is -2.16. The first-order valence-corrected chi connectivity index (χ1v) is 17.7. The SMILES string of the molecule is C1=CC(N(c2ccc3ccccc3c2)c2cc(-c3nc(-c4ccccc4)nc(-c4ccccc4)n3)cc3oc4ccc5ccccc5c4c23)=CCC1. The van der Waals surface area contributed by atoms with Gasteiger partial charge in [0.05, 0.1) is 11.1 Å². The molecule has 0 radical (unpaired) electrons. The van der Waals surface area contributed by atoms with Crippen molar-refractivity contribution in [2.75, 3.05) is 4.90 Å². The maximum Gasteiger partial charge on any atom is 0.164 e. The van der Waals surface area contributed by atoms with Crippen LogP contribution in [0.25, 0.3) is 77.6 Å². The van der Waals surface area contributed by atoms with Crippen molar-refractivity contribution in [3.8, 4) is 34.2 Å². The number of anilines is 2. The number of rotatable bonds is 6. The average Bonchev–Trinajstić information content (AvgIpc) is 3.61. The summed E-state index contributed by atoms with van der Waals surface area (Å²) in [5.74, 6) is 1.81. The van der Waals surface area contributed by atoms with Gasteiger partial charge in [-0.1, -0.05) is 133 Å². The molecule has 2 heterocycles. The van der Waals surface area contributed by atoms with E-state index in [4.69, 9.17) is 19.4 Å². The fourth-order valence-electron chi connectivity index (χ4n) is 7.40. The van der Waals surface area contributed by atoms with Crippen molar-refractivity contribution >= 4 is 54.9 Å². The summed E-state index contributed by atoms with van der Waals surface area (Å²) in [5, 5.41) is 6.83. The van der Waals surface area contributed by atoms with Crippen LogP contribution in [0.15, 0.2) is 180 Å². The van der Waals surface area contributed by atoms with E-state index in [1.807, 2.05) is 60.7 Å². The monoisotopic (exact) mass is 668 g/mol. The van der Waals surface area contributed by atoms with Crippen molar-refractivity contribution in [2.24, 2.45) is 0 Å². The van der Waals surface area contributed by atoms with E-state index in [1.165, 1.54) is 16.2 Å². The number of aromatic nitrogens is 3. The fourth-order valence-corrected chi connectivity index (χ4v) is 7.40. The third-order valence-electron chi connectivity index (χ3n) is 9.87. The van der Waals surface area contributed by atoms with E-state index in [-0.39, 0.29) is 0 Å². The average molecular weight is 669 g/mol. The van der Waals surface area contributed by atoms with E-state index >= 15 is 0 Å². The summed E-state index contributed by atoms with van der Waals surface area (Å²) >= 11 is 0. The Hall–Kier alpha value is -6.85. The minimum Gasteiger partial charge on any atom is -0.456 e. The normalized spacial score (nSPS) is 12.9. The van der Waals surface area contributed by atoms with Gasteiger partial charge in [0.25, 0.3) is 0 Å². The van der Waals surface area contributed by atoms with E-state index in [9.17, 15) is 0 Å². The van der Waals surface area contributed by atoms with Gasteiger partial charge in [0.2, 0.25) is 0 Å². The molecule has 0 saturated carbocycles. The van der Waals surface area contributed by atoms with Crippen LogP contribution in [0.1, 0.15) is 12.8 Å². The van der Waals surface area contributed by atoms with Crippen LogP contribution < -0.4 is 4.90 Å². The molecular formula is C47H32N4O. The molecule has 0 saturated heterocycles. The van der Waals surface area contributed by atoms with Gasteiger partial charge in [-0.2, -0.15) is 0 Å². The second-order valence-corrected chi connectivity index (χ2v) is 13.1. The zero-order chi connectivity index (χ0) is 34.4. The first kappa shape index (κ1) is 30.0. The molecule has 52 heavy (non-hydrogen) atoms. The molecule has 7 aromatic carbocycles. The van der Waals surface area contributed by atoms with Crippen LogP contribution in [0.3, 0.4) is 0 Å². The zero-order valence-corrected chi connectivity index (χ0v) is 28.3. The molecule has 0 atom stereocenters. The highest BCUT2D eigenvalue weighted by Gasteiger charge is 2.24. The van der Waals surface area contributed by atoms with Gasteiger partial charge in [-0.25, -0.2) is 15.0 Å². The lowest BCUT2D eigenvalue weighted by Gasteiger charge is -2.29. The molecule has 0 fully saturated rings. The van der Waals surface area contributed by atoms with Crippen molar-refractivity contribution in [1.29, 1.82) is 0 Å². The zero-order valence-electron chi connectivity index (χ0n) is 28.3. The van der Waals surface area contributed by atoms with Crippen molar-refractivity contribution in [3.05, 3.63) is 176 Å². The van der Waals surface area contributed by atoms with Gasteiger partial charge in [-0.05, 0) is 70.8 Å². The van der Waals surface area contributed by atoms with E-state index in [1.54, 1.807) is 0 Å². The van der Waals surface area contributed by atoms with Crippen molar-refractivity contribution in [2.45, 2.75) is 12.8 Å². The highest BCUT2D eigenvalue weighted by molar-refractivity contribution is 6.23. The predicted octanol–water partition coefficient (Wildman–Crippen LogP) is 12.5. The van der Waals surface area contributed by atoms with Crippen LogP contribution in [-0.4, -0.2) is 15.0 Å². The predicted molar refractivity (Wildman–Crippen MR) is 213 cm³/mol. The molecule has 1 aliphatic rings. The highest BCUT2D eigenvalue weighted by Crippen LogP contribution is 2.46. The molecule has 1 aliphatic carbocycles. The van der Waals surface area contributed by atoms with Crippen LogP contribution in [0.4, 0.5) is 11.4 Å². The minimum atomic E-state index is 0.577. The largest absolute Gasteiger partial charge is 0.456 e. The molecule has 246 valence electrons. The molecule has 5 heteroatoms. The number of allylic oxidation sites excluding steroid dienone is 3. The second-order valence-electron chi connectivity index (χ2n) is 13.1. The van der Waals surface area contributed by atoms with Crippen LogP contribution >= 0.6 is 0 Å². The Morgan fingerprint density at radius 2 is 1.12 bits per heavy atom. The van der Waals surface area contributed by atoms with Crippen LogP contribution in [0.2, 0.25) is 0 Å². The summed E-state index contributed by atoms with van der Waals surface area (Å²) in [5.41, 5.74) is 7.48. The number of hydrogen-bond acceptors (Lipinski definition) is 5. The lowest BCUT2D eigenvalue weighted by molar-refractivity contribution is 0.669. The Kier molecular flexibility index (Phi) is 7.21. The summed E-state index contributed by atoms with van der Waals surface area (Å²) in [4.78, 5) is 17.6. The molecule has 5 nitrogen and oxygen atoms in total. The maximum absolute atomic E-state index is 6.80. The summed E-state index contributed by atoms with van der Waals surface area (Å²) in [7, 11) is 0. The number of benzene rings is 7. The highest BCUT2D eigenvalue weighted by atomic mass is 16.3. The Balaban J connectivity index is 1.30. The Labute approximate surface area is 300 Å². The van der Waals surface area contributed by atoms with Gasteiger partial charge < -0.3 is 9.32 Å². The third kappa shape index (κ3) is 5.22. The standard InChI is InChI=1S/C47H32N4O/c1-4-16-33(17-5-1)45-48-46(34-18-6-2-7-19-34)50-47(49-45)36-29-40(44-42(30-36)52-41-27-25-32-15-12-13-23-39(32)43(41)44)51(37-21-8-3-9-22-37)38-26-24-31-14-10-11-20-35(31)28-38/h1-2,4-8,10-30H,3,9H2. The quantitative estimate of drug-likeness (QED) is 0.176. The van der Waals surface area contributed by atoms with E-state index in [0.29, 0.717) is 17.5 Å². The van der Waals surface area contributed by atoms with Crippen LogP contribution in [0, 0.1) is 0 Å². The summed E-state index contributed by atoms with van der Waals surface area (Å²) < 4.78 is 6.80. The molecular weight excluding hydrogens is 637 g/mol. The smallest absolute Gasteiger partial charge is 0.164 e. The maximum atomic E-state index is 6.80. The van der Waals surface area contributed by atoms with Gasteiger partial charge in [-0.15, -0.1) is 0 Å². The summed E-state index contributed by atoms with van der Waals surface area (Å²) in [6.45, 7) is 0. The fraction of sp³-hybridized carbons (Fsp3) is 0.0426. The molecule has 0 unspecified atom stereocenters. The van der Waals surface area contributed by atoms with Gasteiger partial charge in [0, 0.05) is 33.5 Å². The number of fused-ring (bicyclic) bond motifs is 6. The number of furan rings is 1. The van der Waals surface area contributed by atoms with Crippen LogP contribution in [-0.2, 0) is 0 Å². The molecule has 0 amide bonds. The van der Waals surface area contributed by atoms with E-state index < -0.39 is 0 Å². The molecule has 9 aromatic rings. The Morgan fingerprint density at radius 1 is 0.481 bits per heavy atom. The lowest BCUT2D eigenvalue weighted by atomic mass is 9.99. The van der Waals surface area contributed by atoms with Crippen molar-refractivity contribution in [3.63, 3.8) is 0 Å². The van der Waals surface area contributed by atoms with Gasteiger partial charge in [0.1, 0.15) is 11.2 Å². The van der Waals surface area contributed by atoms with Crippen LogP contribution in [0.5, 0.6) is 0 Å². The second kappa shape index (κ2) is 12.5. The van der Waals surface area contributed by atoms with Gasteiger partial charge in [-0.3, -0.25) is 0 Å². The number of hydrogen-bond donors (Lipinski definition) is 0.